The molecule has 26 heavy (non-hydrogen) atoms. The molecule has 1 saturated carbocycles. The van der Waals surface area contributed by atoms with Gasteiger partial charge < -0.3 is 10.6 Å². The van der Waals surface area contributed by atoms with Crippen LogP contribution in [0.3, 0.4) is 0 Å². The van der Waals surface area contributed by atoms with Crippen LogP contribution in [0.4, 0.5) is 17.1 Å². The average Bonchev–Trinajstić information content (AvgIpc) is 3.40. The van der Waals surface area contributed by atoms with Crippen LogP contribution in [0.2, 0.25) is 0 Å². The van der Waals surface area contributed by atoms with Crippen molar-refractivity contribution < 1.29 is 14.6 Å². The molecule has 2 N–H and O–H groups in total. The third-order valence-corrected chi connectivity index (χ3v) is 4.65. The fourth-order valence-corrected chi connectivity index (χ4v) is 3.07. The second-order valence-corrected chi connectivity index (χ2v) is 6.75. The van der Waals surface area contributed by atoms with E-state index in [0.717, 1.165) is 44.8 Å². The number of hydrogen-bond acceptors (Lipinski definition) is 7. The van der Waals surface area contributed by atoms with E-state index in [-0.39, 0.29) is 29.0 Å². The first-order valence-electron chi connectivity index (χ1n) is 8.63. The number of carbonyl (C=O) groups excluding carboxylic acids is 1. The predicted octanol–water partition coefficient (Wildman–Crippen LogP) is 1.66. The van der Waals surface area contributed by atoms with E-state index in [0.29, 0.717) is 12.6 Å². The van der Waals surface area contributed by atoms with Crippen LogP contribution in [-0.4, -0.2) is 52.4 Å². The summed E-state index contributed by atoms with van der Waals surface area (Å²) in [5, 5.41) is 28.1. The summed E-state index contributed by atoms with van der Waals surface area (Å²) in [7, 11) is 0. The number of likely N-dealkylation sites (tertiary alicyclic amines) is 1. The van der Waals surface area contributed by atoms with E-state index in [9.17, 15) is 25.0 Å². The van der Waals surface area contributed by atoms with Crippen molar-refractivity contribution >= 4 is 23.0 Å². The van der Waals surface area contributed by atoms with E-state index in [1.54, 1.807) is 0 Å². The molecule has 0 bridgehead atoms. The molecular formula is C16H21N5O5. The van der Waals surface area contributed by atoms with Gasteiger partial charge in [0, 0.05) is 31.2 Å². The standard InChI is InChI=1S/C16H21N5O5/c22-16(18-11-1-2-11)10-19-7-5-12(6-8-19)17-14-4-3-13(20(23)24)9-15(14)21(25)26/h3-4,9,11-12,17H,1-2,5-8,10H2,(H,18,22). The van der Waals surface area contributed by atoms with E-state index in [1.807, 2.05) is 0 Å². The van der Waals surface area contributed by atoms with Gasteiger partial charge in [0.05, 0.1) is 22.5 Å². The molecule has 140 valence electrons. The van der Waals surface area contributed by atoms with Gasteiger partial charge in [-0.05, 0) is 31.7 Å². The van der Waals surface area contributed by atoms with Crippen molar-refractivity contribution in [2.45, 2.75) is 37.8 Å². The molecule has 1 saturated heterocycles. The van der Waals surface area contributed by atoms with Crippen molar-refractivity contribution in [2.24, 2.45) is 0 Å². The van der Waals surface area contributed by atoms with Gasteiger partial charge in [0.15, 0.2) is 0 Å². The lowest BCUT2D eigenvalue weighted by Gasteiger charge is -2.32. The lowest BCUT2D eigenvalue weighted by Crippen LogP contribution is -2.44. The summed E-state index contributed by atoms with van der Waals surface area (Å²) >= 11 is 0. The molecule has 2 fully saturated rings. The topological polar surface area (TPSA) is 131 Å². The molecule has 1 amide bonds. The van der Waals surface area contributed by atoms with Gasteiger partial charge in [-0.1, -0.05) is 0 Å². The first kappa shape index (κ1) is 18.1. The monoisotopic (exact) mass is 363 g/mol. The van der Waals surface area contributed by atoms with Gasteiger partial charge in [0.1, 0.15) is 5.69 Å². The van der Waals surface area contributed by atoms with E-state index in [2.05, 4.69) is 15.5 Å². The molecule has 1 aliphatic carbocycles. The predicted molar refractivity (Wildman–Crippen MR) is 94.0 cm³/mol. The highest BCUT2D eigenvalue weighted by Crippen LogP contribution is 2.30. The largest absolute Gasteiger partial charge is 0.377 e. The minimum Gasteiger partial charge on any atom is -0.377 e. The Balaban J connectivity index is 1.54. The maximum Gasteiger partial charge on any atom is 0.299 e. The third-order valence-electron chi connectivity index (χ3n) is 4.65. The Morgan fingerprint density at radius 3 is 2.35 bits per heavy atom. The maximum atomic E-state index is 11.8. The van der Waals surface area contributed by atoms with E-state index in [1.165, 1.54) is 12.1 Å². The molecule has 0 radical (unpaired) electrons. The van der Waals surface area contributed by atoms with Crippen molar-refractivity contribution in [1.29, 1.82) is 0 Å². The number of nitrogens with zero attached hydrogens (tertiary/aromatic N) is 3. The number of rotatable bonds is 7. The molecule has 0 spiro atoms. The number of piperidine rings is 1. The number of nitro benzene ring substituents is 2. The molecule has 1 aromatic rings. The fraction of sp³-hybridized carbons (Fsp3) is 0.562. The molecule has 0 unspecified atom stereocenters. The van der Waals surface area contributed by atoms with Gasteiger partial charge in [-0.25, -0.2) is 0 Å². The smallest absolute Gasteiger partial charge is 0.299 e. The quantitative estimate of drug-likeness (QED) is 0.556. The first-order valence-corrected chi connectivity index (χ1v) is 8.63. The number of benzene rings is 1. The van der Waals surface area contributed by atoms with Gasteiger partial charge in [-0.15, -0.1) is 0 Å². The summed E-state index contributed by atoms with van der Waals surface area (Å²) in [4.78, 5) is 34.6. The summed E-state index contributed by atoms with van der Waals surface area (Å²) < 4.78 is 0. The maximum absolute atomic E-state index is 11.8. The highest BCUT2D eigenvalue weighted by Gasteiger charge is 2.27. The Morgan fingerprint density at radius 1 is 1.08 bits per heavy atom. The van der Waals surface area contributed by atoms with Crippen LogP contribution in [-0.2, 0) is 4.79 Å². The summed E-state index contributed by atoms with van der Waals surface area (Å²) in [5.74, 6) is 0.0462. The van der Waals surface area contributed by atoms with Gasteiger partial charge in [-0.2, -0.15) is 0 Å². The lowest BCUT2D eigenvalue weighted by molar-refractivity contribution is -0.393. The number of hydrogen-bond donors (Lipinski definition) is 2. The van der Waals surface area contributed by atoms with Crippen molar-refractivity contribution in [1.82, 2.24) is 10.2 Å². The normalized spacial score (nSPS) is 18.3. The Bertz CT molecular complexity index is 713. The average molecular weight is 363 g/mol. The van der Waals surface area contributed by atoms with Gasteiger partial charge in [-0.3, -0.25) is 29.9 Å². The Morgan fingerprint density at radius 2 is 1.77 bits per heavy atom. The second kappa shape index (κ2) is 7.65. The zero-order valence-electron chi connectivity index (χ0n) is 14.2. The van der Waals surface area contributed by atoms with Gasteiger partial charge in [0.2, 0.25) is 5.91 Å². The molecule has 10 heteroatoms. The van der Waals surface area contributed by atoms with E-state index < -0.39 is 9.85 Å². The molecule has 2 aliphatic rings. The van der Waals surface area contributed by atoms with Crippen LogP contribution >= 0.6 is 0 Å². The Hall–Kier alpha value is -2.75. The number of nitrogens with one attached hydrogen (secondary N) is 2. The fourth-order valence-electron chi connectivity index (χ4n) is 3.07. The summed E-state index contributed by atoms with van der Waals surface area (Å²) in [6, 6.07) is 3.99. The summed E-state index contributed by atoms with van der Waals surface area (Å²) in [6.07, 6.45) is 3.60. The SMILES string of the molecule is O=C(CN1CCC(Nc2ccc([N+](=O)[O-])cc2[N+](=O)[O-])CC1)NC1CC1. The number of carbonyl (C=O) groups is 1. The molecular weight excluding hydrogens is 342 g/mol. The first-order chi connectivity index (χ1) is 12.4. The molecule has 3 rings (SSSR count). The van der Waals surface area contributed by atoms with Crippen LogP contribution in [0, 0.1) is 20.2 Å². The molecule has 1 aromatic carbocycles. The summed E-state index contributed by atoms with van der Waals surface area (Å²) in [5.41, 5.74) is -0.324. The Labute approximate surface area is 149 Å². The number of nitro groups is 2. The van der Waals surface area contributed by atoms with Crippen LogP contribution in [0.5, 0.6) is 0 Å². The zero-order valence-corrected chi connectivity index (χ0v) is 14.2. The van der Waals surface area contributed by atoms with Crippen molar-refractivity contribution in [3.63, 3.8) is 0 Å². The molecule has 1 aliphatic heterocycles. The molecule has 1 heterocycles. The minimum absolute atomic E-state index is 0.0258. The van der Waals surface area contributed by atoms with Crippen molar-refractivity contribution in [2.75, 3.05) is 25.0 Å². The molecule has 0 aromatic heterocycles. The number of anilines is 1. The van der Waals surface area contributed by atoms with Crippen LogP contribution in [0.15, 0.2) is 18.2 Å². The van der Waals surface area contributed by atoms with E-state index in [4.69, 9.17) is 0 Å². The van der Waals surface area contributed by atoms with Crippen LogP contribution in [0.1, 0.15) is 25.7 Å². The highest BCUT2D eigenvalue weighted by molar-refractivity contribution is 5.78. The number of amides is 1. The molecule has 10 nitrogen and oxygen atoms in total. The highest BCUT2D eigenvalue weighted by atomic mass is 16.6. The van der Waals surface area contributed by atoms with Gasteiger partial charge in [0.25, 0.3) is 11.4 Å². The number of non-ortho nitro benzene ring substituents is 1. The zero-order chi connectivity index (χ0) is 18.7. The van der Waals surface area contributed by atoms with E-state index >= 15 is 0 Å². The van der Waals surface area contributed by atoms with Crippen molar-refractivity contribution in [3.05, 3.63) is 38.4 Å². The lowest BCUT2D eigenvalue weighted by atomic mass is 10.0. The third kappa shape index (κ3) is 4.66. The second-order valence-electron chi connectivity index (χ2n) is 6.75. The van der Waals surface area contributed by atoms with Crippen LogP contribution < -0.4 is 10.6 Å². The summed E-state index contributed by atoms with van der Waals surface area (Å²) in [6.45, 7) is 1.81. The minimum atomic E-state index is -0.651. The van der Waals surface area contributed by atoms with Crippen LogP contribution in [0.25, 0.3) is 0 Å². The van der Waals surface area contributed by atoms with Gasteiger partial charge >= 0.3 is 0 Å². The molecule has 0 atom stereocenters. The van der Waals surface area contributed by atoms with Crippen molar-refractivity contribution in [3.8, 4) is 0 Å². The Kier molecular flexibility index (Phi) is 5.31.